The van der Waals surface area contributed by atoms with E-state index >= 15 is 0 Å². The lowest BCUT2D eigenvalue weighted by atomic mass is 10.1. The van der Waals surface area contributed by atoms with Gasteiger partial charge in [-0.3, -0.25) is 4.90 Å². The van der Waals surface area contributed by atoms with Crippen LogP contribution in [0, 0.1) is 12.8 Å². The van der Waals surface area contributed by atoms with Gasteiger partial charge in [0, 0.05) is 37.6 Å². The van der Waals surface area contributed by atoms with E-state index in [1.165, 1.54) is 29.7 Å². The molecule has 1 heterocycles. The second-order valence-corrected chi connectivity index (χ2v) is 7.53. The molecule has 0 saturated heterocycles. The molecule has 1 aromatic carbocycles. The maximum atomic E-state index is 10.3. The standard InChI is InChI=1S/C21H30N2O/c1-16(2)21(24)15-23(19-10-11-19)14-20-9-6-12-22(20)13-18-8-5-4-7-17(18)3/h4-9,12,16,19,21,24H,10-11,13-15H2,1-3H3. The summed E-state index contributed by atoms with van der Waals surface area (Å²) in [5.74, 6) is 0.310. The Balaban J connectivity index is 1.71. The number of aryl methyl sites for hydroxylation is 1. The normalized spacial score (nSPS) is 16.1. The van der Waals surface area contributed by atoms with Crippen molar-refractivity contribution in [2.75, 3.05) is 6.54 Å². The van der Waals surface area contributed by atoms with E-state index in [9.17, 15) is 5.11 Å². The largest absolute Gasteiger partial charge is 0.392 e. The maximum Gasteiger partial charge on any atom is 0.0690 e. The topological polar surface area (TPSA) is 28.4 Å². The van der Waals surface area contributed by atoms with Crippen molar-refractivity contribution in [3.05, 3.63) is 59.4 Å². The number of hydrogen-bond acceptors (Lipinski definition) is 2. The Bertz CT molecular complexity index is 657. The molecule has 3 heteroatoms. The van der Waals surface area contributed by atoms with Gasteiger partial charge in [0.1, 0.15) is 0 Å². The molecular formula is C21H30N2O. The van der Waals surface area contributed by atoms with E-state index in [2.05, 4.69) is 72.8 Å². The van der Waals surface area contributed by atoms with Crippen molar-refractivity contribution in [2.45, 2.75) is 58.8 Å². The van der Waals surface area contributed by atoms with Gasteiger partial charge in [-0.25, -0.2) is 0 Å². The monoisotopic (exact) mass is 326 g/mol. The summed E-state index contributed by atoms with van der Waals surface area (Å²) in [5, 5.41) is 10.3. The lowest BCUT2D eigenvalue weighted by molar-refractivity contribution is 0.0687. The molecule has 1 aromatic heterocycles. The minimum Gasteiger partial charge on any atom is -0.392 e. The molecule has 1 N–H and O–H groups in total. The first kappa shape index (κ1) is 17.2. The molecule has 1 unspecified atom stereocenters. The molecule has 1 fully saturated rings. The number of aliphatic hydroxyl groups is 1. The first-order chi connectivity index (χ1) is 11.5. The number of nitrogens with zero attached hydrogens (tertiary/aromatic N) is 2. The first-order valence-electron chi connectivity index (χ1n) is 9.15. The second kappa shape index (κ2) is 7.54. The van der Waals surface area contributed by atoms with Crippen LogP contribution in [-0.4, -0.2) is 33.3 Å². The van der Waals surface area contributed by atoms with E-state index in [4.69, 9.17) is 0 Å². The average Bonchev–Trinajstić information content (AvgIpc) is 3.31. The van der Waals surface area contributed by atoms with Crippen LogP contribution in [0.15, 0.2) is 42.6 Å². The van der Waals surface area contributed by atoms with Crippen molar-refractivity contribution in [2.24, 2.45) is 5.92 Å². The Kier molecular flexibility index (Phi) is 5.42. The van der Waals surface area contributed by atoms with E-state index < -0.39 is 0 Å². The minimum atomic E-state index is -0.245. The van der Waals surface area contributed by atoms with Gasteiger partial charge >= 0.3 is 0 Å². The van der Waals surface area contributed by atoms with Crippen molar-refractivity contribution in [3.63, 3.8) is 0 Å². The summed E-state index contributed by atoms with van der Waals surface area (Å²) in [4.78, 5) is 2.47. The van der Waals surface area contributed by atoms with Crippen molar-refractivity contribution in [1.29, 1.82) is 0 Å². The average molecular weight is 326 g/mol. The summed E-state index contributed by atoms with van der Waals surface area (Å²) in [6.45, 7) is 8.98. The zero-order valence-electron chi connectivity index (χ0n) is 15.2. The molecule has 0 amide bonds. The first-order valence-corrected chi connectivity index (χ1v) is 9.15. The summed E-state index contributed by atoms with van der Waals surface area (Å²) in [6.07, 6.45) is 4.46. The molecule has 3 nitrogen and oxygen atoms in total. The Morgan fingerprint density at radius 1 is 1.17 bits per heavy atom. The van der Waals surface area contributed by atoms with Crippen LogP contribution in [0.1, 0.15) is 43.5 Å². The Morgan fingerprint density at radius 2 is 1.92 bits per heavy atom. The molecule has 1 aliphatic carbocycles. The highest BCUT2D eigenvalue weighted by molar-refractivity contribution is 5.26. The highest BCUT2D eigenvalue weighted by Gasteiger charge is 2.31. The van der Waals surface area contributed by atoms with Gasteiger partial charge in [-0.15, -0.1) is 0 Å². The van der Waals surface area contributed by atoms with Crippen LogP contribution in [0.2, 0.25) is 0 Å². The van der Waals surface area contributed by atoms with Gasteiger partial charge in [0.25, 0.3) is 0 Å². The third-order valence-corrected chi connectivity index (χ3v) is 5.14. The molecule has 1 atom stereocenters. The zero-order chi connectivity index (χ0) is 17.1. The van der Waals surface area contributed by atoms with Gasteiger partial charge in [-0.2, -0.15) is 0 Å². The van der Waals surface area contributed by atoms with Crippen molar-refractivity contribution < 1.29 is 5.11 Å². The SMILES string of the molecule is Cc1ccccc1Cn1cccc1CN(CC(O)C(C)C)C1CC1. The van der Waals surface area contributed by atoms with E-state index in [1.54, 1.807) is 0 Å². The van der Waals surface area contributed by atoms with Gasteiger partial charge in [0.05, 0.1) is 6.10 Å². The van der Waals surface area contributed by atoms with Crippen molar-refractivity contribution in [1.82, 2.24) is 9.47 Å². The van der Waals surface area contributed by atoms with Gasteiger partial charge in [0.2, 0.25) is 0 Å². The Hall–Kier alpha value is -1.58. The van der Waals surface area contributed by atoms with Crippen LogP contribution >= 0.6 is 0 Å². The van der Waals surface area contributed by atoms with Crippen LogP contribution in [-0.2, 0) is 13.1 Å². The second-order valence-electron chi connectivity index (χ2n) is 7.53. The molecule has 2 aromatic rings. The fourth-order valence-corrected chi connectivity index (χ4v) is 3.16. The maximum absolute atomic E-state index is 10.3. The summed E-state index contributed by atoms with van der Waals surface area (Å²) < 4.78 is 2.35. The fourth-order valence-electron chi connectivity index (χ4n) is 3.16. The Labute approximate surface area is 145 Å². The van der Waals surface area contributed by atoms with E-state index in [0.717, 1.165) is 19.6 Å². The van der Waals surface area contributed by atoms with E-state index in [0.29, 0.717) is 12.0 Å². The minimum absolute atomic E-state index is 0.245. The molecule has 0 bridgehead atoms. The lowest BCUT2D eigenvalue weighted by Gasteiger charge is -2.27. The summed E-state index contributed by atoms with van der Waals surface area (Å²) in [6, 6.07) is 13.6. The molecule has 1 saturated carbocycles. The smallest absolute Gasteiger partial charge is 0.0690 e. The van der Waals surface area contributed by atoms with Gasteiger partial charge < -0.3 is 9.67 Å². The predicted molar refractivity (Wildman–Crippen MR) is 99.0 cm³/mol. The van der Waals surface area contributed by atoms with Crippen LogP contribution in [0.25, 0.3) is 0 Å². The molecular weight excluding hydrogens is 296 g/mol. The molecule has 0 spiro atoms. The third kappa shape index (κ3) is 4.28. The van der Waals surface area contributed by atoms with Crippen LogP contribution in [0.4, 0.5) is 0 Å². The Morgan fingerprint density at radius 3 is 2.58 bits per heavy atom. The zero-order valence-corrected chi connectivity index (χ0v) is 15.2. The van der Waals surface area contributed by atoms with Crippen molar-refractivity contribution in [3.8, 4) is 0 Å². The molecule has 0 radical (unpaired) electrons. The highest BCUT2D eigenvalue weighted by Crippen LogP contribution is 2.29. The lowest BCUT2D eigenvalue weighted by Crippen LogP contribution is -2.36. The molecule has 3 rings (SSSR count). The fraction of sp³-hybridized carbons (Fsp3) is 0.524. The third-order valence-electron chi connectivity index (χ3n) is 5.14. The van der Waals surface area contributed by atoms with Gasteiger partial charge in [-0.1, -0.05) is 38.1 Å². The summed E-state index contributed by atoms with van der Waals surface area (Å²) >= 11 is 0. The molecule has 130 valence electrons. The number of aromatic nitrogens is 1. The quantitative estimate of drug-likeness (QED) is 0.799. The number of hydrogen-bond donors (Lipinski definition) is 1. The van der Waals surface area contributed by atoms with Crippen LogP contribution in [0.3, 0.4) is 0 Å². The molecule has 0 aliphatic heterocycles. The number of benzene rings is 1. The van der Waals surface area contributed by atoms with E-state index in [1.807, 2.05) is 0 Å². The van der Waals surface area contributed by atoms with Gasteiger partial charge in [-0.05, 0) is 48.9 Å². The summed E-state index contributed by atoms with van der Waals surface area (Å²) in [5.41, 5.74) is 4.04. The van der Waals surface area contributed by atoms with Crippen molar-refractivity contribution >= 4 is 0 Å². The van der Waals surface area contributed by atoms with Gasteiger partial charge in [0.15, 0.2) is 0 Å². The number of aliphatic hydroxyl groups excluding tert-OH is 1. The molecule has 24 heavy (non-hydrogen) atoms. The predicted octanol–water partition coefficient (Wildman–Crippen LogP) is 3.83. The summed E-state index contributed by atoms with van der Waals surface area (Å²) in [7, 11) is 0. The van der Waals surface area contributed by atoms with Crippen LogP contribution < -0.4 is 0 Å². The van der Waals surface area contributed by atoms with Crippen LogP contribution in [0.5, 0.6) is 0 Å². The van der Waals surface area contributed by atoms with E-state index in [-0.39, 0.29) is 6.10 Å². The molecule has 1 aliphatic rings. The number of rotatable bonds is 8. The highest BCUT2D eigenvalue weighted by atomic mass is 16.3.